The maximum Gasteiger partial charge on any atom is 0.0623 e. The van der Waals surface area contributed by atoms with Gasteiger partial charge in [-0.3, -0.25) is 0 Å². The average Bonchev–Trinajstić information content (AvgIpc) is 2.20. The molecular formula is C11H14INO. The van der Waals surface area contributed by atoms with Crippen molar-refractivity contribution < 1.29 is 4.74 Å². The number of rotatable bonds is 1. The Kier molecular flexibility index (Phi) is 3.41. The molecule has 2 atom stereocenters. The summed E-state index contributed by atoms with van der Waals surface area (Å²) >= 11 is 2.32. The van der Waals surface area contributed by atoms with Crippen molar-refractivity contribution in [1.82, 2.24) is 0 Å². The van der Waals surface area contributed by atoms with Crippen molar-refractivity contribution in [3.05, 3.63) is 33.4 Å². The van der Waals surface area contributed by atoms with Gasteiger partial charge in [0, 0.05) is 22.1 Å². The van der Waals surface area contributed by atoms with E-state index in [9.17, 15) is 0 Å². The van der Waals surface area contributed by atoms with Gasteiger partial charge in [0.2, 0.25) is 0 Å². The lowest BCUT2D eigenvalue weighted by atomic mass is 9.88. The van der Waals surface area contributed by atoms with Crippen LogP contribution in [-0.2, 0) is 4.74 Å². The number of hydrogen-bond donors (Lipinski definition) is 1. The standard InChI is InChI=1S/C11H14INO/c12-9-3-1-8(2-4-9)10-5-6-14-7-11(10)13/h1-4,10-11H,5-7,13H2/t10-,11-/m0/s1. The van der Waals surface area contributed by atoms with Gasteiger partial charge in [-0.1, -0.05) is 12.1 Å². The molecule has 0 aromatic heterocycles. The summed E-state index contributed by atoms with van der Waals surface area (Å²) in [7, 11) is 0. The Hall–Kier alpha value is -0.130. The third-order valence-electron chi connectivity index (χ3n) is 2.70. The number of hydrogen-bond acceptors (Lipinski definition) is 2. The summed E-state index contributed by atoms with van der Waals surface area (Å²) < 4.78 is 6.60. The zero-order valence-electron chi connectivity index (χ0n) is 7.95. The molecule has 1 saturated heterocycles. The van der Waals surface area contributed by atoms with Gasteiger partial charge >= 0.3 is 0 Å². The Balaban J connectivity index is 2.16. The van der Waals surface area contributed by atoms with Crippen LogP contribution in [0.25, 0.3) is 0 Å². The minimum absolute atomic E-state index is 0.156. The zero-order chi connectivity index (χ0) is 9.97. The second-order valence-corrected chi connectivity index (χ2v) is 4.93. The van der Waals surface area contributed by atoms with Gasteiger partial charge in [-0.05, 0) is 46.7 Å². The molecule has 0 spiro atoms. The quantitative estimate of drug-likeness (QED) is 0.807. The molecule has 3 heteroatoms. The molecule has 2 N–H and O–H groups in total. The molecule has 1 heterocycles. The van der Waals surface area contributed by atoms with Crippen LogP contribution in [0.15, 0.2) is 24.3 Å². The second kappa shape index (κ2) is 4.59. The molecule has 1 aliphatic rings. The van der Waals surface area contributed by atoms with Gasteiger partial charge in [-0.15, -0.1) is 0 Å². The maximum atomic E-state index is 6.02. The van der Waals surface area contributed by atoms with E-state index in [1.165, 1.54) is 9.13 Å². The first-order valence-corrected chi connectivity index (χ1v) is 5.94. The van der Waals surface area contributed by atoms with E-state index in [0.717, 1.165) is 13.0 Å². The van der Waals surface area contributed by atoms with Crippen molar-refractivity contribution >= 4 is 22.6 Å². The first-order valence-electron chi connectivity index (χ1n) is 4.86. The molecular weight excluding hydrogens is 289 g/mol. The monoisotopic (exact) mass is 303 g/mol. The molecule has 0 unspecified atom stereocenters. The third-order valence-corrected chi connectivity index (χ3v) is 3.42. The van der Waals surface area contributed by atoms with E-state index in [2.05, 4.69) is 46.9 Å². The molecule has 0 bridgehead atoms. The van der Waals surface area contributed by atoms with Crippen LogP contribution in [0.4, 0.5) is 0 Å². The Morgan fingerprint density at radius 3 is 2.64 bits per heavy atom. The molecule has 1 aromatic rings. The summed E-state index contributed by atoms with van der Waals surface area (Å²) in [5.41, 5.74) is 7.37. The lowest BCUT2D eigenvalue weighted by Crippen LogP contribution is -2.37. The van der Waals surface area contributed by atoms with Crippen molar-refractivity contribution in [2.45, 2.75) is 18.4 Å². The molecule has 14 heavy (non-hydrogen) atoms. The van der Waals surface area contributed by atoms with E-state index in [4.69, 9.17) is 10.5 Å². The molecule has 2 nitrogen and oxygen atoms in total. The molecule has 1 fully saturated rings. The molecule has 2 rings (SSSR count). The lowest BCUT2D eigenvalue weighted by Gasteiger charge is -2.29. The number of benzene rings is 1. The maximum absolute atomic E-state index is 6.02. The highest BCUT2D eigenvalue weighted by Crippen LogP contribution is 2.26. The van der Waals surface area contributed by atoms with Gasteiger partial charge < -0.3 is 10.5 Å². The fourth-order valence-electron chi connectivity index (χ4n) is 1.88. The Labute approximate surface area is 98.0 Å². The predicted molar refractivity (Wildman–Crippen MR) is 65.3 cm³/mol. The van der Waals surface area contributed by atoms with Gasteiger partial charge in [0.1, 0.15) is 0 Å². The first kappa shape index (κ1) is 10.4. The zero-order valence-corrected chi connectivity index (χ0v) is 10.1. The summed E-state index contributed by atoms with van der Waals surface area (Å²) in [6.45, 7) is 1.53. The predicted octanol–water partition coefficient (Wildman–Crippen LogP) is 2.12. The van der Waals surface area contributed by atoms with Crippen molar-refractivity contribution in [2.75, 3.05) is 13.2 Å². The minimum Gasteiger partial charge on any atom is -0.380 e. The first-order chi connectivity index (χ1) is 6.77. The van der Waals surface area contributed by atoms with Crippen LogP contribution in [0, 0.1) is 3.57 Å². The summed E-state index contributed by atoms with van der Waals surface area (Å²) in [5, 5.41) is 0. The lowest BCUT2D eigenvalue weighted by molar-refractivity contribution is 0.0696. The Morgan fingerprint density at radius 2 is 2.00 bits per heavy atom. The number of ether oxygens (including phenoxy) is 1. The van der Waals surface area contributed by atoms with E-state index in [0.29, 0.717) is 12.5 Å². The molecule has 0 aliphatic carbocycles. The number of halogens is 1. The topological polar surface area (TPSA) is 35.2 Å². The van der Waals surface area contributed by atoms with Crippen LogP contribution < -0.4 is 5.73 Å². The van der Waals surface area contributed by atoms with Crippen LogP contribution in [0.2, 0.25) is 0 Å². The highest BCUT2D eigenvalue weighted by atomic mass is 127. The van der Waals surface area contributed by atoms with Crippen molar-refractivity contribution in [1.29, 1.82) is 0 Å². The summed E-state index contributed by atoms with van der Waals surface area (Å²) in [6.07, 6.45) is 1.04. The summed E-state index contributed by atoms with van der Waals surface area (Å²) in [4.78, 5) is 0. The van der Waals surface area contributed by atoms with E-state index in [-0.39, 0.29) is 6.04 Å². The smallest absolute Gasteiger partial charge is 0.0623 e. The molecule has 0 radical (unpaired) electrons. The highest BCUT2D eigenvalue weighted by molar-refractivity contribution is 14.1. The van der Waals surface area contributed by atoms with Gasteiger partial charge in [-0.25, -0.2) is 0 Å². The van der Waals surface area contributed by atoms with Gasteiger partial charge in [0.05, 0.1) is 6.61 Å². The Bertz CT molecular complexity index is 299. The molecule has 1 aromatic carbocycles. The van der Waals surface area contributed by atoms with E-state index in [1.54, 1.807) is 0 Å². The largest absolute Gasteiger partial charge is 0.380 e. The second-order valence-electron chi connectivity index (χ2n) is 3.69. The van der Waals surface area contributed by atoms with E-state index < -0.39 is 0 Å². The molecule has 76 valence electrons. The van der Waals surface area contributed by atoms with Crippen LogP contribution in [-0.4, -0.2) is 19.3 Å². The molecule has 0 saturated carbocycles. The third kappa shape index (κ3) is 2.27. The van der Waals surface area contributed by atoms with Gasteiger partial charge in [-0.2, -0.15) is 0 Å². The van der Waals surface area contributed by atoms with Gasteiger partial charge in [0.15, 0.2) is 0 Å². The molecule has 0 amide bonds. The van der Waals surface area contributed by atoms with Crippen molar-refractivity contribution in [2.24, 2.45) is 5.73 Å². The Morgan fingerprint density at radius 1 is 1.29 bits per heavy atom. The van der Waals surface area contributed by atoms with E-state index >= 15 is 0 Å². The normalized spacial score (nSPS) is 27.6. The fraction of sp³-hybridized carbons (Fsp3) is 0.455. The van der Waals surface area contributed by atoms with Crippen molar-refractivity contribution in [3.8, 4) is 0 Å². The van der Waals surface area contributed by atoms with Crippen molar-refractivity contribution in [3.63, 3.8) is 0 Å². The SMILES string of the molecule is N[C@H]1COCC[C@H]1c1ccc(I)cc1. The van der Waals surface area contributed by atoms with E-state index in [1.807, 2.05) is 0 Å². The number of nitrogens with two attached hydrogens (primary N) is 1. The fourth-order valence-corrected chi connectivity index (χ4v) is 2.24. The summed E-state index contributed by atoms with van der Waals surface area (Å²) in [5.74, 6) is 0.473. The average molecular weight is 303 g/mol. The van der Waals surface area contributed by atoms with Crippen LogP contribution >= 0.6 is 22.6 Å². The highest BCUT2D eigenvalue weighted by Gasteiger charge is 2.23. The van der Waals surface area contributed by atoms with Gasteiger partial charge in [0.25, 0.3) is 0 Å². The van der Waals surface area contributed by atoms with Crippen LogP contribution in [0.3, 0.4) is 0 Å². The minimum atomic E-state index is 0.156. The van der Waals surface area contributed by atoms with Crippen LogP contribution in [0.1, 0.15) is 17.9 Å². The molecule has 1 aliphatic heterocycles. The summed E-state index contributed by atoms with van der Waals surface area (Å²) in [6, 6.07) is 8.79. The van der Waals surface area contributed by atoms with Crippen LogP contribution in [0.5, 0.6) is 0 Å².